The maximum absolute atomic E-state index is 12.2. The summed E-state index contributed by atoms with van der Waals surface area (Å²) in [5, 5.41) is 2.13. The van der Waals surface area contributed by atoms with Gasteiger partial charge in [-0.25, -0.2) is 10.8 Å². The maximum Gasteiger partial charge on any atom is 0.254 e. The minimum atomic E-state index is -0.493. The fourth-order valence-electron chi connectivity index (χ4n) is 1.83. The second kappa shape index (κ2) is 5.02. The number of hydrogen-bond donors (Lipinski definition) is 3. The van der Waals surface area contributed by atoms with Crippen LogP contribution in [0.15, 0.2) is 12.1 Å². The zero-order valence-corrected chi connectivity index (χ0v) is 10.3. The molecule has 0 aliphatic carbocycles. The molecule has 1 saturated heterocycles. The van der Waals surface area contributed by atoms with Crippen molar-refractivity contribution in [2.24, 2.45) is 5.84 Å². The number of nitrogens with zero attached hydrogens (tertiary/aromatic N) is 2. The Morgan fingerprint density at radius 2 is 2.00 bits per heavy atom. The molecule has 19 heavy (non-hydrogen) atoms. The van der Waals surface area contributed by atoms with Crippen molar-refractivity contribution in [3.63, 3.8) is 0 Å². The average molecular weight is 263 g/mol. The third kappa shape index (κ3) is 2.86. The monoisotopic (exact) mass is 263 g/mol. The largest absolute Gasteiger partial charge is 0.320 e. The number of pyridine rings is 1. The van der Waals surface area contributed by atoms with Crippen molar-refractivity contribution in [1.29, 1.82) is 0 Å². The molecule has 2 rings (SSSR count). The Morgan fingerprint density at radius 3 is 2.58 bits per heavy atom. The number of carbonyl (C=O) groups is 3. The number of nitrogens with two attached hydrogens (primary N) is 1. The molecule has 1 aliphatic rings. The topological polar surface area (TPSA) is 117 Å². The van der Waals surface area contributed by atoms with Crippen LogP contribution in [-0.4, -0.2) is 40.7 Å². The van der Waals surface area contributed by atoms with E-state index in [1.165, 1.54) is 11.0 Å². The minimum Gasteiger partial charge on any atom is -0.320 e. The molecule has 1 fully saturated rings. The Morgan fingerprint density at radius 1 is 1.37 bits per heavy atom. The number of nitrogen functional groups attached to an aromatic ring is 1. The number of anilines is 1. The van der Waals surface area contributed by atoms with E-state index in [4.69, 9.17) is 5.84 Å². The lowest BCUT2D eigenvalue weighted by Gasteiger charge is -2.25. The van der Waals surface area contributed by atoms with E-state index in [0.29, 0.717) is 17.1 Å². The lowest BCUT2D eigenvalue weighted by molar-refractivity contribution is -0.135. The van der Waals surface area contributed by atoms with Crippen LogP contribution in [0, 0.1) is 6.92 Å². The fraction of sp³-hybridized carbons (Fsp3) is 0.273. The summed E-state index contributed by atoms with van der Waals surface area (Å²) >= 11 is 0. The lowest BCUT2D eigenvalue weighted by atomic mass is 10.2. The fourth-order valence-corrected chi connectivity index (χ4v) is 1.83. The summed E-state index contributed by atoms with van der Waals surface area (Å²) in [4.78, 5) is 39.9. The van der Waals surface area contributed by atoms with Gasteiger partial charge in [0.15, 0.2) is 0 Å². The van der Waals surface area contributed by atoms with Crippen LogP contribution in [0.2, 0.25) is 0 Å². The minimum absolute atomic E-state index is 0.142. The van der Waals surface area contributed by atoms with E-state index in [1.54, 1.807) is 13.0 Å². The van der Waals surface area contributed by atoms with Gasteiger partial charge in [-0.15, -0.1) is 0 Å². The number of imide groups is 1. The molecule has 1 aromatic heterocycles. The van der Waals surface area contributed by atoms with Crippen molar-refractivity contribution in [3.05, 3.63) is 23.4 Å². The van der Waals surface area contributed by atoms with Gasteiger partial charge in [0.1, 0.15) is 18.9 Å². The predicted molar refractivity (Wildman–Crippen MR) is 65.8 cm³/mol. The first-order valence-corrected chi connectivity index (χ1v) is 5.57. The molecule has 0 atom stereocenters. The maximum atomic E-state index is 12.2. The molecule has 1 aliphatic heterocycles. The van der Waals surface area contributed by atoms with Crippen LogP contribution >= 0.6 is 0 Å². The van der Waals surface area contributed by atoms with Gasteiger partial charge in [-0.3, -0.25) is 19.7 Å². The lowest BCUT2D eigenvalue weighted by Crippen LogP contribution is -2.53. The van der Waals surface area contributed by atoms with Crippen LogP contribution < -0.4 is 16.6 Å². The standard InChI is InChI=1S/C11H13N5O3/c1-6-2-7(3-8(13-6)15-12)11(19)16-4-9(17)14-10(18)5-16/h2-3H,4-5,12H2,1H3,(H,13,15)(H,14,17,18). The summed E-state index contributed by atoms with van der Waals surface area (Å²) in [6, 6.07) is 3.03. The Hall–Kier alpha value is -2.48. The van der Waals surface area contributed by atoms with Crippen molar-refractivity contribution in [1.82, 2.24) is 15.2 Å². The molecule has 0 saturated carbocycles. The van der Waals surface area contributed by atoms with Gasteiger partial charge in [0.2, 0.25) is 11.8 Å². The van der Waals surface area contributed by atoms with Gasteiger partial charge < -0.3 is 10.3 Å². The van der Waals surface area contributed by atoms with Gasteiger partial charge in [0, 0.05) is 11.3 Å². The van der Waals surface area contributed by atoms with Gasteiger partial charge in [0.25, 0.3) is 5.91 Å². The Kier molecular flexibility index (Phi) is 3.43. The van der Waals surface area contributed by atoms with Crippen molar-refractivity contribution in [3.8, 4) is 0 Å². The quantitative estimate of drug-likeness (QED) is 0.349. The molecular formula is C11H13N5O3. The molecule has 0 aromatic carbocycles. The first-order valence-electron chi connectivity index (χ1n) is 5.57. The van der Waals surface area contributed by atoms with Crippen molar-refractivity contribution >= 4 is 23.5 Å². The van der Waals surface area contributed by atoms with Crippen LogP contribution in [0.25, 0.3) is 0 Å². The average Bonchev–Trinajstić information content (AvgIpc) is 2.35. The van der Waals surface area contributed by atoms with E-state index < -0.39 is 17.7 Å². The molecule has 0 unspecified atom stereocenters. The molecule has 100 valence electrons. The highest BCUT2D eigenvalue weighted by Crippen LogP contribution is 2.12. The van der Waals surface area contributed by atoms with E-state index in [9.17, 15) is 14.4 Å². The first kappa shape index (κ1) is 13.0. The number of piperazine rings is 1. The highest BCUT2D eigenvalue weighted by molar-refractivity contribution is 6.05. The van der Waals surface area contributed by atoms with Gasteiger partial charge in [-0.2, -0.15) is 0 Å². The highest BCUT2D eigenvalue weighted by Gasteiger charge is 2.27. The molecule has 8 heteroatoms. The summed E-state index contributed by atoms with van der Waals surface area (Å²) in [6.45, 7) is 1.43. The number of hydrazine groups is 1. The predicted octanol–water partition coefficient (Wildman–Crippen LogP) is -1.23. The van der Waals surface area contributed by atoms with E-state index >= 15 is 0 Å². The second-order valence-corrected chi connectivity index (χ2v) is 4.16. The molecule has 2 heterocycles. The van der Waals surface area contributed by atoms with Crippen LogP contribution in [0.3, 0.4) is 0 Å². The summed E-state index contributed by atoms with van der Waals surface area (Å²) in [5.41, 5.74) is 3.28. The van der Waals surface area contributed by atoms with Gasteiger partial charge in [0.05, 0.1) is 0 Å². The Labute approximate surface area is 108 Å². The zero-order chi connectivity index (χ0) is 14.0. The summed E-state index contributed by atoms with van der Waals surface area (Å²) < 4.78 is 0. The molecule has 8 nitrogen and oxygen atoms in total. The van der Waals surface area contributed by atoms with E-state index in [-0.39, 0.29) is 13.1 Å². The van der Waals surface area contributed by atoms with Crippen molar-refractivity contribution < 1.29 is 14.4 Å². The second-order valence-electron chi connectivity index (χ2n) is 4.16. The summed E-state index contributed by atoms with van der Waals surface area (Å²) in [5.74, 6) is 4.20. The van der Waals surface area contributed by atoms with Crippen molar-refractivity contribution in [2.45, 2.75) is 6.92 Å². The molecule has 0 bridgehead atoms. The third-order valence-corrected chi connectivity index (χ3v) is 2.58. The Balaban J connectivity index is 2.26. The number of amides is 3. The van der Waals surface area contributed by atoms with Gasteiger partial charge in [-0.1, -0.05) is 0 Å². The summed E-state index contributed by atoms with van der Waals surface area (Å²) in [7, 11) is 0. The molecule has 1 aromatic rings. The highest BCUT2D eigenvalue weighted by atomic mass is 16.2. The smallest absolute Gasteiger partial charge is 0.254 e. The number of aromatic nitrogens is 1. The number of rotatable bonds is 2. The van der Waals surface area contributed by atoms with Crippen LogP contribution in [-0.2, 0) is 9.59 Å². The van der Waals surface area contributed by atoms with Crippen LogP contribution in [0.1, 0.15) is 16.1 Å². The molecule has 3 amide bonds. The molecule has 0 radical (unpaired) electrons. The van der Waals surface area contributed by atoms with Crippen LogP contribution in [0.4, 0.5) is 5.82 Å². The Bertz CT molecular complexity index is 541. The van der Waals surface area contributed by atoms with Gasteiger partial charge in [-0.05, 0) is 19.1 Å². The van der Waals surface area contributed by atoms with Crippen LogP contribution in [0.5, 0.6) is 0 Å². The molecule has 4 N–H and O–H groups in total. The summed E-state index contributed by atoms with van der Waals surface area (Å²) in [6.07, 6.45) is 0. The zero-order valence-electron chi connectivity index (χ0n) is 10.3. The number of carbonyl (C=O) groups excluding carboxylic acids is 3. The van der Waals surface area contributed by atoms with E-state index in [0.717, 1.165) is 0 Å². The molecule has 0 spiro atoms. The first-order chi connectivity index (χ1) is 8.99. The SMILES string of the molecule is Cc1cc(C(=O)N2CC(=O)NC(=O)C2)cc(NN)n1. The number of aryl methyl sites for hydroxylation is 1. The normalized spacial score (nSPS) is 15.2. The third-order valence-electron chi connectivity index (χ3n) is 2.58. The molecular weight excluding hydrogens is 250 g/mol. The van der Waals surface area contributed by atoms with Gasteiger partial charge >= 0.3 is 0 Å². The van der Waals surface area contributed by atoms with Crippen molar-refractivity contribution in [2.75, 3.05) is 18.5 Å². The number of hydrogen-bond acceptors (Lipinski definition) is 6. The van der Waals surface area contributed by atoms with E-state index in [1.807, 2.05) is 0 Å². The number of nitrogens with one attached hydrogen (secondary N) is 2. The van der Waals surface area contributed by atoms with E-state index in [2.05, 4.69) is 15.7 Å².